The number of fused-ring (bicyclic) bond motifs is 1. The van der Waals surface area contributed by atoms with Crippen LogP contribution in [-0.4, -0.2) is 55.2 Å². The molecule has 0 saturated carbocycles. The second-order valence-corrected chi connectivity index (χ2v) is 8.20. The van der Waals surface area contributed by atoms with Crippen LogP contribution in [0.4, 0.5) is 0 Å². The predicted octanol–water partition coefficient (Wildman–Crippen LogP) is 2.72. The van der Waals surface area contributed by atoms with Crippen LogP contribution in [0.2, 0.25) is 0 Å². The van der Waals surface area contributed by atoms with E-state index in [1.54, 1.807) is 6.92 Å². The number of rotatable bonds is 6. The van der Waals surface area contributed by atoms with E-state index < -0.39 is 17.9 Å². The van der Waals surface area contributed by atoms with Crippen LogP contribution >= 0.6 is 0 Å². The lowest BCUT2D eigenvalue weighted by atomic mass is 9.84. The monoisotopic (exact) mass is 403 g/mol. The molecule has 7 nitrogen and oxygen atoms in total. The lowest BCUT2D eigenvalue weighted by molar-refractivity contribution is -0.165. The SMILES string of the molecule is CCOC(=O)[C@@H]1C(C)=N[C@H]2O[C@H]([C@@H]3COC(C)(C)O3)[C@H](OCc3ccccc3)[C@@H]12. The topological polar surface area (TPSA) is 75.6 Å². The van der Waals surface area contributed by atoms with Crippen molar-refractivity contribution in [3.63, 3.8) is 0 Å². The van der Waals surface area contributed by atoms with Gasteiger partial charge >= 0.3 is 5.97 Å². The Morgan fingerprint density at radius 2 is 2.03 bits per heavy atom. The first kappa shape index (κ1) is 20.5. The highest BCUT2D eigenvalue weighted by atomic mass is 16.8. The van der Waals surface area contributed by atoms with E-state index in [0.717, 1.165) is 11.3 Å². The van der Waals surface area contributed by atoms with Crippen molar-refractivity contribution in [1.29, 1.82) is 0 Å². The van der Waals surface area contributed by atoms with Crippen LogP contribution in [0, 0.1) is 11.8 Å². The van der Waals surface area contributed by atoms with E-state index in [1.165, 1.54) is 0 Å². The molecule has 158 valence electrons. The number of aliphatic imine (C=N–C) groups is 1. The molecule has 0 bridgehead atoms. The van der Waals surface area contributed by atoms with Gasteiger partial charge in [-0.25, -0.2) is 0 Å². The Hall–Kier alpha value is -1.80. The maximum atomic E-state index is 12.7. The summed E-state index contributed by atoms with van der Waals surface area (Å²) in [5.41, 5.74) is 1.79. The summed E-state index contributed by atoms with van der Waals surface area (Å²) in [7, 11) is 0. The predicted molar refractivity (Wildman–Crippen MR) is 105 cm³/mol. The smallest absolute Gasteiger partial charge is 0.315 e. The number of nitrogens with zero attached hydrogens (tertiary/aromatic N) is 1. The lowest BCUT2D eigenvalue weighted by Gasteiger charge is -2.29. The van der Waals surface area contributed by atoms with Gasteiger partial charge in [-0.3, -0.25) is 9.79 Å². The Labute approximate surface area is 171 Å². The molecule has 3 aliphatic rings. The molecular weight excluding hydrogens is 374 g/mol. The largest absolute Gasteiger partial charge is 0.465 e. The van der Waals surface area contributed by atoms with Gasteiger partial charge in [0.15, 0.2) is 12.0 Å². The third-order valence-corrected chi connectivity index (χ3v) is 5.72. The molecule has 0 spiro atoms. The number of esters is 1. The number of benzene rings is 1. The molecule has 0 amide bonds. The van der Waals surface area contributed by atoms with Gasteiger partial charge in [-0.2, -0.15) is 0 Å². The van der Waals surface area contributed by atoms with Gasteiger partial charge in [0.1, 0.15) is 18.1 Å². The quantitative estimate of drug-likeness (QED) is 0.680. The molecule has 0 unspecified atom stereocenters. The molecule has 1 aromatic rings. The zero-order chi connectivity index (χ0) is 20.6. The van der Waals surface area contributed by atoms with Crippen molar-refractivity contribution in [2.75, 3.05) is 13.2 Å². The third kappa shape index (κ3) is 4.10. The fourth-order valence-corrected chi connectivity index (χ4v) is 4.45. The molecule has 0 radical (unpaired) electrons. The number of hydrogen-bond donors (Lipinski definition) is 0. The van der Waals surface area contributed by atoms with E-state index in [1.807, 2.05) is 51.1 Å². The molecule has 0 aromatic heterocycles. The molecular formula is C22H29NO6. The first-order valence-corrected chi connectivity index (χ1v) is 10.2. The fourth-order valence-electron chi connectivity index (χ4n) is 4.45. The van der Waals surface area contributed by atoms with Gasteiger partial charge in [0.2, 0.25) is 0 Å². The van der Waals surface area contributed by atoms with Gasteiger partial charge < -0.3 is 23.7 Å². The summed E-state index contributed by atoms with van der Waals surface area (Å²) in [4.78, 5) is 17.3. The molecule has 2 fully saturated rings. The van der Waals surface area contributed by atoms with Crippen molar-refractivity contribution in [2.24, 2.45) is 16.8 Å². The maximum Gasteiger partial charge on any atom is 0.315 e. The zero-order valence-electron chi connectivity index (χ0n) is 17.4. The number of carbonyl (C=O) groups excluding carboxylic acids is 1. The summed E-state index contributed by atoms with van der Waals surface area (Å²) >= 11 is 0. The van der Waals surface area contributed by atoms with Crippen LogP contribution in [0.3, 0.4) is 0 Å². The number of carbonyl (C=O) groups is 1. The third-order valence-electron chi connectivity index (χ3n) is 5.72. The molecule has 2 saturated heterocycles. The van der Waals surface area contributed by atoms with Crippen LogP contribution in [0.25, 0.3) is 0 Å². The molecule has 0 aliphatic carbocycles. The first-order chi connectivity index (χ1) is 13.9. The Balaban J connectivity index is 1.58. The highest BCUT2D eigenvalue weighted by molar-refractivity contribution is 6.02. The second kappa shape index (κ2) is 8.14. The van der Waals surface area contributed by atoms with Crippen molar-refractivity contribution in [3.8, 4) is 0 Å². The average Bonchev–Trinajstić information content (AvgIpc) is 3.31. The minimum absolute atomic E-state index is 0.241. The normalized spacial score (nSPS) is 35.4. The van der Waals surface area contributed by atoms with Crippen molar-refractivity contribution >= 4 is 11.7 Å². The number of hydrogen-bond acceptors (Lipinski definition) is 7. The standard InChI is InChI=1S/C22H29NO6/c1-5-25-21(24)16-13(2)23-20-17(16)19(26-11-14-9-7-6-8-10-14)18(28-20)15-12-27-22(3,4)29-15/h6-10,15-20H,5,11-12H2,1-4H3/t15-,16+,17+,18+,19+,20-/m0/s1. The van der Waals surface area contributed by atoms with Gasteiger partial charge in [-0.05, 0) is 33.3 Å². The molecule has 0 N–H and O–H groups in total. The van der Waals surface area contributed by atoms with E-state index in [4.69, 9.17) is 23.7 Å². The average molecular weight is 403 g/mol. The second-order valence-electron chi connectivity index (χ2n) is 8.20. The molecule has 4 rings (SSSR count). The highest BCUT2D eigenvalue weighted by Gasteiger charge is 2.59. The van der Waals surface area contributed by atoms with E-state index in [9.17, 15) is 4.79 Å². The Bertz CT molecular complexity index is 764. The Kier molecular flexibility index (Phi) is 5.75. The Morgan fingerprint density at radius 1 is 1.28 bits per heavy atom. The summed E-state index contributed by atoms with van der Waals surface area (Å²) < 4.78 is 29.8. The first-order valence-electron chi connectivity index (χ1n) is 10.2. The van der Waals surface area contributed by atoms with E-state index in [-0.39, 0.29) is 30.2 Å². The summed E-state index contributed by atoms with van der Waals surface area (Å²) in [6.45, 7) is 8.58. The van der Waals surface area contributed by atoms with Gasteiger partial charge in [0, 0.05) is 5.71 Å². The van der Waals surface area contributed by atoms with Crippen molar-refractivity contribution < 1.29 is 28.5 Å². The van der Waals surface area contributed by atoms with Crippen molar-refractivity contribution in [3.05, 3.63) is 35.9 Å². The summed E-state index contributed by atoms with van der Waals surface area (Å²) in [6, 6.07) is 9.95. The number of ether oxygens (including phenoxy) is 5. The van der Waals surface area contributed by atoms with Crippen LogP contribution in [-0.2, 0) is 35.1 Å². The van der Waals surface area contributed by atoms with E-state index in [2.05, 4.69) is 4.99 Å². The van der Waals surface area contributed by atoms with Gasteiger partial charge in [0.05, 0.1) is 31.8 Å². The summed E-state index contributed by atoms with van der Waals surface area (Å²) in [6.07, 6.45) is -1.46. The van der Waals surface area contributed by atoms with Gasteiger partial charge in [-0.1, -0.05) is 30.3 Å². The molecule has 1 aromatic carbocycles. The highest BCUT2D eigenvalue weighted by Crippen LogP contribution is 2.44. The molecule has 7 heteroatoms. The summed E-state index contributed by atoms with van der Waals surface area (Å²) in [5.74, 6) is -1.66. The van der Waals surface area contributed by atoms with Crippen molar-refractivity contribution in [2.45, 2.75) is 64.6 Å². The van der Waals surface area contributed by atoms with Crippen molar-refractivity contribution in [1.82, 2.24) is 0 Å². The molecule has 3 aliphatic heterocycles. The van der Waals surface area contributed by atoms with E-state index >= 15 is 0 Å². The van der Waals surface area contributed by atoms with Crippen LogP contribution < -0.4 is 0 Å². The van der Waals surface area contributed by atoms with Crippen LogP contribution in [0.5, 0.6) is 0 Å². The van der Waals surface area contributed by atoms with E-state index in [0.29, 0.717) is 19.8 Å². The minimum Gasteiger partial charge on any atom is -0.465 e. The maximum absolute atomic E-state index is 12.7. The Morgan fingerprint density at radius 3 is 2.69 bits per heavy atom. The summed E-state index contributed by atoms with van der Waals surface area (Å²) in [5, 5.41) is 0. The van der Waals surface area contributed by atoms with Gasteiger partial charge in [0.25, 0.3) is 0 Å². The zero-order valence-corrected chi connectivity index (χ0v) is 17.4. The molecule has 6 atom stereocenters. The van der Waals surface area contributed by atoms with Gasteiger partial charge in [-0.15, -0.1) is 0 Å². The molecule has 29 heavy (non-hydrogen) atoms. The fraction of sp³-hybridized carbons (Fsp3) is 0.636. The minimum atomic E-state index is -0.671. The molecule has 3 heterocycles. The van der Waals surface area contributed by atoms with Crippen LogP contribution in [0.15, 0.2) is 35.3 Å². The van der Waals surface area contributed by atoms with Crippen LogP contribution in [0.1, 0.15) is 33.3 Å². The lowest BCUT2D eigenvalue weighted by Crippen LogP contribution is -2.44.